The first kappa shape index (κ1) is 32.7. The van der Waals surface area contributed by atoms with Gasteiger partial charge in [0.15, 0.2) is 0 Å². The summed E-state index contributed by atoms with van der Waals surface area (Å²) in [4.78, 5) is 20.2. The summed E-state index contributed by atoms with van der Waals surface area (Å²) in [6, 6.07) is 66.2. The van der Waals surface area contributed by atoms with Crippen molar-refractivity contribution >= 4 is 66.6 Å². The first-order valence-electron chi connectivity index (χ1n) is 20.1. The Balaban J connectivity index is 0.983. The maximum atomic E-state index is 5.23. The summed E-state index contributed by atoms with van der Waals surface area (Å²) in [6.07, 6.45) is 1.89. The molecule has 0 aliphatic heterocycles. The molecule has 13 rings (SSSR count). The minimum absolute atomic E-state index is 0.585. The van der Waals surface area contributed by atoms with E-state index in [1.807, 2.05) is 36.5 Å². The molecule has 280 valence electrons. The van der Waals surface area contributed by atoms with Crippen LogP contribution in [-0.4, -0.2) is 37.9 Å². The molecule has 0 saturated carbocycles. The number of imidazole rings is 4. The number of benzene rings is 8. The van der Waals surface area contributed by atoms with E-state index in [1.165, 1.54) is 11.1 Å². The van der Waals surface area contributed by atoms with Crippen LogP contribution in [0.4, 0.5) is 0 Å². The average Bonchev–Trinajstić information content (AvgIpc) is 4.05. The minimum Gasteiger partial charge on any atom is -0.278 e. The van der Waals surface area contributed by atoms with E-state index in [0.29, 0.717) is 5.95 Å². The summed E-state index contributed by atoms with van der Waals surface area (Å²) in [5.74, 6) is 2.23. The lowest BCUT2D eigenvalue weighted by Gasteiger charge is -2.10. The van der Waals surface area contributed by atoms with E-state index in [2.05, 4.69) is 176 Å². The van der Waals surface area contributed by atoms with Crippen LogP contribution < -0.4 is 0 Å². The zero-order chi connectivity index (χ0) is 39.3. The van der Waals surface area contributed by atoms with Crippen LogP contribution in [0.3, 0.4) is 0 Å². The quantitative estimate of drug-likeness (QED) is 0.175. The number of aromatic nitrogens is 8. The van der Waals surface area contributed by atoms with E-state index in [1.54, 1.807) is 0 Å². The third-order valence-corrected chi connectivity index (χ3v) is 11.8. The molecular formula is C52H32N8. The molecule has 0 saturated heterocycles. The van der Waals surface area contributed by atoms with Crippen LogP contribution in [0.1, 0.15) is 0 Å². The van der Waals surface area contributed by atoms with Crippen molar-refractivity contribution in [1.29, 1.82) is 0 Å². The van der Waals surface area contributed by atoms with E-state index >= 15 is 0 Å². The van der Waals surface area contributed by atoms with Gasteiger partial charge in [-0.1, -0.05) is 121 Å². The normalized spacial score (nSPS) is 12.0. The number of fused-ring (bicyclic) bond motifs is 11. The molecule has 5 heterocycles. The predicted molar refractivity (Wildman–Crippen MR) is 242 cm³/mol. The number of nitrogens with zero attached hydrogens (tertiary/aromatic N) is 8. The number of hydrogen-bond acceptors (Lipinski definition) is 4. The second-order valence-electron chi connectivity index (χ2n) is 15.3. The van der Waals surface area contributed by atoms with Crippen molar-refractivity contribution in [1.82, 2.24) is 37.9 Å². The Hall–Kier alpha value is -8.36. The Morgan fingerprint density at radius 1 is 0.317 bits per heavy atom. The topological polar surface area (TPSA) is 70.2 Å². The predicted octanol–water partition coefficient (Wildman–Crippen LogP) is 12.1. The molecule has 0 bridgehead atoms. The molecule has 13 aromatic rings. The van der Waals surface area contributed by atoms with E-state index in [-0.39, 0.29) is 0 Å². The smallest absolute Gasteiger partial charge is 0.237 e. The molecule has 8 heteroatoms. The number of para-hydroxylation sites is 5. The molecule has 0 amide bonds. The zero-order valence-corrected chi connectivity index (χ0v) is 32.1. The van der Waals surface area contributed by atoms with Crippen LogP contribution >= 0.6 is 0 Å². The Morgan fingerprint density at radius 2 is 0.817 bits per heavy atom. The zero-order valence-electron chi connectivity index (χ0n) is 32.1. The fourth-order valence-electron chi connectivity index (χ4n) is 8.99. The average molecular weight is 769 g/mol. The largest absolute Gasteiger partial charge is 0.278 e. The summed E-state index contributed by atoms with van der Waals surface area (Å²) < 4.78 is 8.88. The number of hydrogen-bond donors (Lipinski definition) is 0. The van der Waals surface area contributed by atoms with Crippen LogP contribution in [0, 0.1) is 0 Å². The first-order valence-corrected chi connectivity index (χ1v) is 20.1. The first-order chi connectivity index (χ1) is 29.7. The van der Waals surface area contributed by atoms with Gasteiger partial charge in [-0.2, -0.15) is 0 Å². The van der Waals surface area contributed by atoms with Crippen molar-refractivity contribution in [2.24, 2.45) is 0 Å². The highest BCUT2D eigenvalue weighted by Gasteiger charge is 2.22. The molecule has 8 nitrogen and oxygen atoms in total. The monoisotopic (exact) mass is 768 g/mol. The van der Waals surface area contributed by atoms with Crippen LogP contribution in [0.15, 0.2) is 194 Å². The maximum absolute atomic E-state index is 5.23. The Kier molecular flexibility index (Phi) is 6.85. The second-order valence-corrected chi connectivity index (χ2v) is 15.3. The molecule has 5 aromatic heterocycles. The molecule has 0 atom stereocenters. The Morgan fingerprint density at radius 3 is 1.50 bits per heavy atom. The van der Waals surface area contributed by atoms with Gasteiger partial charge in [0.05, 0.1) is 49.7 Å². The fourth-order valence-corrected chi connectivity index (χ4v) is 8.99. The molecule has 0 fully saturated rings. The van der Waals surface area contributed by atoms with Gasteiger partial charge in [-0.05, 0) is 100 Å². The second kappa shape index (κ2) is 12.6. The van der Waals surface area contributed by atoms with Crippen molar-refractivity contribution in [2.75, 3.05) is 0 Å². The molecule has 0 aliphatic rings. The molecule has 0 aliphatic carbocycles. The van der Waals surface area contributed by atoms with Crippen molar-refractivity contribution in [3.05, 3.63) is 194 Å². The third kappa shape index (κ3) is 4.85. The lowest BCUT2D eigenvalue weighted by molar-refractivity contribution is 0.984. The molecule has 60 heavy (non-hydrogen) atoms. The summed E-state index contributed by atoms with van der Waals surface area (Å²) in [5.41, 5.74) is 17.0. The minimum atomic E-state index is 0.585. The summed E-state index contributed by atoms with van der Waals surface area (Å²) >= 11 is 0. The Bertz CT molecular complexity index is 3830. The molecular weight excluding hydrogens is 737 g/mol. The molecule has 0 N–H and O–H groups in total. The van der Waals surface area contributed by atoms with Gasteiger partial charge in [-0.15, -0.1) is 0 Å². The standard InChI is InChI=1S/C52H32N8/c1-2-11-33(12-3-1)34-21-23-35(24-22-34)36-14-10-15-40(29-36)57-46-27-25-37(30-48(46)58-44-19-8-6-17-42(44)55-51(57)58)38-26-28-47-49(31-38)59-45-20-9-7-18-43(45)56-52(59)60(47)50-53-32-39-13-4-5-16-41(39)54-50/h1-32H. The van der Waals surface area contributed by atoms with Gasteiger partial charge >= 0.3 is 0 Å². The maximum Gasteiger partial charge on any atom is 0.237 e. The Labute approximate surface area is 342 Å². The highest BCUT2D eigenvalue weighted by atomic mass is 15.3. The molecule has 0 unspecified atom stereocenters. The van der Waals surface area contributed by atoms with Gasteiger partial charge in [-0.3, -0.25) is 13.4 Å². The van der Waals surface area contributed by atoms with Crippen LogP contribution in [0.25, 0.3) is 112 Å². The SMILES string of the molecule is c1ccc(-c2ccc(-c3cccc(-n4c5ccc(-c6ccc7c(c6)n6c8ccccc8nc6n7-c6ncc7ccccc7n6)cc5n5c6ccccc6nc45)c3)cc2)cc1. The van der Waals surface area contributed by atoms with E-state index in [4.69, 9.17) is 19.9 Å². The fraction of sp³-hybridized carbons (Fsp3) is 0. The lowest BCUT2D eigenvalue weighted by Crippen LogP contribution is -2.01. The summed E-state index contributed by atoms with van der Waals surface area (Å²) in [5, 5.41) is 0.995. The number of rotatable bonds is 5. The summed E-state index contributed by atoms with van der Waals surface area (Å²) in [6.45, 7) is 0. The van der Waals surface area contributed by atoms with Crippen molar-refractivity contribution in [3.8, 4) is 45.0 Å². The van der Waals surface area contributed by atoms with Crippen LogP contribution in [0.5, 0.6) is 0 Å². The van der Waals surface area contributed by atoms with Crippen molar-refractivity contribution < 1.29 is 0 Å². The van der Waals surface area contributed by atoms with Crippen LogP contribution in [-0.2, 0) is 0 Å². The van der Waals surface area contributed by atoms with E-state index < -0.39 is 0 Å². The summed E-state index contributed by atoms with van der Waals surface area (Å²) in [7, 11) is 0. The highest BCUT2D eigenvalue weighted by molar-refractivity contribution is 5.97. The molecule has 0 radical (unpaired) electrons. The van der Waals surface area contributed by atoms with Gasteiger partial charge in [0, 0.05) is 17.3 Å². The molecule has 8 aromatic carbocycles. The highest BCUT2D eigenvalue weighted by Crippen LogP contribution is 2.36. The molecule has 0 spiro atoms. The van der Waals surface area contributed by atoms with Crippen molar-refractivity contribution in [2.45, 2.75) is 0 Å². The van der Waals surface area contributed by atoms with E-state index in [9.17, 15) is 0 Å². The van der Waals surface area contributed by atoms with Gasteiger partial charge in [-0.25, -0.2) is 24.5 Å². The van der Waals surface area contributed by atoms with Gasteiger partial charge in [0.1, 0.15) is 0 Å². The van der Waals surface area contributed by atoms with Gasteiger partial charge in [0.25, 0.3) is 0 Å². The van der Waals surface area contributed by atoms with Crippen molar-refractivity contribution in [3.63, 3.8) is 0 Å². The van der Waals surface area contributed by atoms with E-state index in [0.717, 1.165) is 94.5 Å². The van der Waals surface area contributed by atoms with Gasteiger partial charge in [0.2, 0.25) is 17.5 Å². The van der Waals surface area contributed by atoms with Gasteiger partial charge < -0.3 is 0 Å². The van der Waals surface area contributed by atoms with Crippen LogP contribution in [0.2, 0.25) is 0 Å². The third-order valence-electron chi connectivity index (χ3n) is 11.8. The lowest BCUT2D eigenvalue weighted by atomic mass is 10.00.